The van der Waals surface area contributed by atoms with E-state index in [4.69, 9.17) is 0 Å². The van der Waals surface area contributed by atoms with E-state index >= 15 is 0 Å². The fourth-order valence-corrected chi connectivity index (χ4v) is 3.74. The number of hydrogen-bond donors (Lipinski definition) is 2. The molecule has 0 aliphatic carbocycles. The third-order valence-electron chi connectivity index (χ3n) is 4.22. The van der Waals surface area contributed by atoms with Gasteiger partial charge in [0.05, 0.1) is 9.82 Å². The van der Waals surface area contributed by atoms with Crippen molar-refractivity contribution < 1.29 is 18.1 Å². The van der Waals surface area contributed by atoms with Gasteiger partial charge in [-0.05, 0) is 56.3 Å². The first-order valence-corrected chi connectivity index (χ1v) is 10.3. The Kier molecular flexibility index (Phi) is 5.79. The van der Waals surface area contributed by atoms with E-state index in [9.17, 15) is 23.3 Å². The molecule has 0 atom stereocenters. The summed E-state index contributed by atoms with van der Waals surface area (Å²) in [7, 11) is -4.04. The summed E-state index contributed by atoms with van der Waals surface area (Å²) in [4.78, 5) is 26.7. The molecule has 0 saturated heterocycles. The molecule has 3 rings (SSSR count). The molecule has 0 aliphatic heterocycles. The number of carbonyl (C=O) groups excluding carboxylic acids is 1. The molecule has 0 spiro atoms. The van der Waals surface area contributed by atoms with Crippen molar-refractivity contribution >= 4 is 33.1 Å². The highest BCUT2D eigenvalue weighted by Crippen LogP contribution is 2.24. The van der Waals surface area contributed by atoms with Crippen LogP contribution in [0.25, 0.3) is 0 Å². The number of hydrogen-bond acceptors (Lipinski definition) is 6. The highest BCUT2D eigenvalue weighted by atomic mass is 32.2. The minimum Gasteiger partial charge on any atom is -0.307 e. The Labute approximate surface area is 173 Å². The number of aryl methyl sites for hydroxylation is 2. The number of aromatic nitrogens is 1. The Morgan fingerprint density at radius 3 is 2.37 bits per heavy atom. The van der Waals surface area contributed by atoms with Crippen LogP contribution in [0.15, 0.2) is 65.6 Å². The van der Waals surface area contributed by atoms with Crippen LogP contribution in [-0.2, 0) is 10.0 Å². The predicted molar refractivity (Wildman–Crippen MR) is 112 cm³/mol. The van der Waals surface area contributed by atoms with E-state index in [2.05, 4.69) is 15.0 Å². The smallest absolute Gasteiger partial charge is 0.273 e. The van der Waals surface area contributed by atoms with Crippen molar-refractivity contribution in [3.8, 4) is 0 Å². The van der Waals surface area contributed by atoms with Gasteiger partial charge in [0, 0.05) is 28.6 Å². The maximum absolute atomic E-state index is 12.6. The maximum Gasteiger partial charge on any atom is 0.273 e. The zero-order valence-corrected chi connectivity index (χ0v) is 16.9. The molecule has 0 radical (unpaired) electrons. The van der Waals surface area contributed by atoms with Crippen LogP contribution in [0, 0.1) is 24.0 Å². The van der Waals surface area contributed by atoms with Crippen LogP contribution >= 0.6 is 0 Å². The Balaban J connectivity index is 1.75. The number of sulfonamides is 1. The van der Waals surface area contributed by atoms with E-state index in [1.807, 2.05) is 0 Å². The number of benzene rings is 2. The normalized spacial score (nSPS) is 11.0. The van der Waals surface area contributed by atoms with Crippen LogP contribution in [0.2, 0.25) is 0 Å². The number of nitrogens with one attached hydrogen (secondary N) is 2. The van der Waals surface area contributed by atoms with Crippen molar-refractivity contribution in [2.45, 2.75) is 18.7 Å². The van der Waals surface area contributed by atoms with E-state index in [-0.39, 0.29) is 16.3 Å². The second-order valence-electron chi connectivity index (χ2n) is 6.51. The minimum atomic E-state index is -4.04. The summed E-state index contributed by atoms with van der Waals surface area (Å²) in [5.74, 6) is 0.0161. The molecule has 0 fully saturated rings. The number of nitrogens with zero attached hydrogens (tertiary/aromatic N) is 2. The first kappa shape index (κ1) is 20.9. The average Bonchev–Trinajstić information content (AvgIpc) is 2.68. The lowest BCUT2D eigenvalue weighted by molar-refractivity contribution is -0.385. The lowest BCUT2D eigenvalue weighted by Gasteiger charge is -2.10. The molecule has 1 heterocycles. The molecule has 2 N–H and O–H groups in total. The van der Waals surface area contributed by atoms with Crippen molar-refractivity contribution in [1.82, 2.24) is 4.98 Å². The van der Waals surface area contributed by atoms with Gasteiger partial charge < -0.3 is 5.32 Å². The average molecular weight is 426 g/mol. The van der Waals surface area contributed by atoms with Gasteiger partial charge >= 0.3 is 0 Å². The molecule has 0 aliphatic rings. The molecule has 2 aromatic carbocycles. The molecular formula is C20H18N4O5S. The van der Waals surface area contributed by atoms with Crippen LogP contribution in [-0.4, -0.2) is 24.2 Å². The number of rotatable bonds is 6. The summed E-state index contributed by atoms with van der Waals surface area (Å²) in [6.45, 7) is 3.33. The van der Waals surface area contributed by atoms with Gasteiger partial charge in [0.15, 0.2) is 0 Å². The monoisotopic (exact) mass is 426 g/mol. The molecular weight excluding hydrogens is 408 g/mol. The summed E-state index contributed by atoms with van der Waals surface area (Å²) < 4.78 is 27.5. The minimum absolute atomic E-state index is 0.212. The van der Waals surface area contributed by atoms with Gasteiger partial charge in [0.25, 0.3) is 21.6 Å². The van der Waals surface area contributed by atoms with Gasteiger partial charge in [0.2, 0.25) is 0 Å². The SMILES string of the molecule is Cc1cccc(NC(=O)c2ccc(NS(=O)(=O)c3ccc(C)c([N+](=O)[O-])c3)cc2)n1. The van der Waals surface area contributed by atoms with Crippen LogP contribution in [0.4, 0.5) is 17.2 Å². The lowest BCUT2D eigenvalue weighted by Crippen LogP contribution is -2.15. The van der Waals surface area contributed by atoms with Gasteiger partial charge in [-0.15, -0.1) is 0 Å². The third-order valence-corrected chi connectivity index (χ3v) is 5.60. The number of nitro benzene ring substituents is 1. The second kappa shape index (κ2) is 8.29. The molecule has 0 unspecified atom stereocenters. The van der Waals surface area contributed by atoms with E-state index < -0.39 is 20.9 Å². The van der Waals surface area contributed by atoms with Crippen molar-refractivity contribution in [3.63, 3.8) is 0 Å². The summed E-state index contributed by atoms with van der Waals surface area (Å²) in [6.07, 6.45) is 0. The predicted octanol–water partition coefficient (Wildman–Crippen LogP) is 3.66. The third kappa shape index (κ3) is 4.78. The first-order valence-electron chi connectivity index (χ1n) is 8.79. The van der Waals surface area contributed by atoms with E-state index in [1.54, 1.807) is 25.1 Å². The van der Waals surface area contributed by atoms with Gasteiger partial charge in [-0.1, -0.05) is 12.1 Å². The summed E-state index contributed by atoms with van der Waals surface area (Å²) in [5.41, 5.74) is 1.36. The van der Waals surface area contributed by atoms with Crippen molar-refractivity contribution in [3.05, 3.63) is 87.6 Å². The van der Waals surface area contributed by atoms with Gasteiger partial charge in [-0.25, -0.2) is 13.4 Å². The number of amides is 1. The molecule has 9 nitrogen and oxygen atoms in total. The van der Waals surface area contributed by atoms with Crippen LogP contribution in [0.1, 0.15) is 21.6 Å². The van der Waals surface area contributed by atoms with E-state index in [0.29, 0.717) is 16.9 Å². The Morgan fingerprint density at radius 2 is 1.73 bits per heavy atom. The first-order chi connectivity index (χ1) is 14.2. The fraction of sp³-hybridized carbons (Fsp3) is 0.100. The van der Waals surface area contributed by atoms with Gasteiger partial charge in [-0.3, -0.25) is 19.6 Å². The Bertz CT molecular complexity index is 1220. The van der Waals surface area contributed by atoms with Crippen LogP contribution in [0.3, 0.4) is 0 Å². The molecule has 1 amide bonds. The highest BCUT2D eigenvalue weighted by Gasteiger charge is 2.20. The van der Waals surface area contributed by atoms with E-state index in [1.165, 1.54) is 43.3 Å². The zero-order chi connectivity index (χ0) is 21.9. The topological polar surface area (TPSA) is 131 Å². The molecule has 3 aromatic rings. The van der Waals surface area contributed by atoms with E-state index in [0.717, 1.165) is 11.8 Å². The van der Waals surface area contributed by atoms with Gasteiger partial charge in [-0.2, -0.15) is 0 Å². The summed E-state index contributed by atoms with van der Waals surface area (Å²) in [5, 5.41) is 13.7. The van der Waals surface area contributed by atoms with Gasteiger partial charge in [0.1, 0.15) is 5.82 Å². The lowest BCUT2D eigenvalue weighted by atomic mass is 10.2. The number of pyridine rings is 1. The number of carbonyl (C=O) groups is 1. The quantitative estimate of drug-likeness (QED) is 0.457. The standard InChI is InChI=1S/C20H18N4O5S/c1-13-6-11-17(12-18(13)24(26)27)30(28,29)23-16-9-7-15(8-10-16)20(25)22-19-5-3-4-14(2)21-19/h3-12,23H,1-2H3,(H,21,22,25). The molecule has 1 aromatic heterocycles. The molecule has 10 heteroatoms. The Hall–Kier alpha value is -3.79. The highest BCUT2D eigenvalue weighted by molar-refractivity contribution is 7.92. The summed E-state index contributed by atoms with van der Waals surface area (Å²) >= 11 is 0. The zero-order valence-electron chi connectivity index (χ0n) is 16.1. The second-order valence-corrected chi connectivity index (χ2v) is 8.19. The Morgan fingerprint density at radius 1 is 1.03 bits per heavy atom. The van der Waals surface area contributed by atoms with Crippen LogP contribution < -0.4 is 10.0 Å². The van der Waals surface area contributed by atoms with Crippen molar-refractivity contribution in [2.24, 2.45) is 0 Å². The fourth-order valence-electron chi connectivity index (χ4n) is 2.66. The maximum atomic E-state index is 12.6. The molecule has 0 saturated carbocycles. The summed E-state index contributed by atoms with van der Waals surface area (Å²) in [6, 6.07) is 14.7. The number of anilines is 2. The largest absolute Gasteiger partial charge is 0.307 e. The molecule has 154 valence electrons. The van der Waals surface area contributed by atoms with Crippen LogP contribution in [0.5, 0.6) is 0 Å². The molecule has 30 heavy (non-hydrogen) atoms. The number of nitro groups is 1. The van der Waals surface area contributed by atoms with Crippen molar-refractivity contribution in [1.29, 1.82) is 0 Å². The van der Waals surface area contributed by atoms with Crippen molar-refractivity contribution in [2.75, 3.05) is 10.0 Å². The molecule has 0 bridgehead atoms.